The van der Waals surface area contributed by atoms with Gasteiger partial charge >= 0.3 is 0 Å². The predicted octanol–water partition coefficient (Wildman–Crippen LogP) is 0.127. The van der Waals surface area contributed by atoms with E-state index in [2.05, 4.69) is 29.0 Å². The maximum absolute atomic E-state index is 9.50. The Kier molecular flexibility index (Phi) is 4.42. The Morgan fingerprint density at radius 1 is 1.24 bits per heavy atom. The van der Waals surface area contributed by atoms with Gasteiger partial charge in [-0.25, -0.2) is 0 Å². The molecule has 1 saturated carbocycles. The van der Waals surface area contributed by atoms with Crippen molar-refractivity contribution in [2.75, 3.05) is 45.9 Å². The lowest BCUT2D eigenvalue weighted by molar-refractivity contribution is 0.0765. The Morgan fingerprint density at radius 3 is 2.35 bits per heavy atom. The van der Waals surface area contributed by atoms with Gasteiger partial charge in [-0.05, 0) is 26.3 Å². The zero-order valence-corrected chi connectivity index (χ0v) is 11.3. The summed E-state index contributed by atoms with van der Waals surface area (Å²) in [6.45, 7) is 11.0. The fraction of sp³-hybridized carbons (Fsp3) is 1.00. The quantitative estimate of drug-likeness (QED) is 0.693. The highest BCUT2D eigenvalue weighted by molar-refractivity contribution is 4.91. The van der Waals surface area contributed by atoms with Gasteiger partial charge in [-0.15, -0.1) is 0 Å². The van der Waals surface area contributed by atoms with Crippen LogP contribution < -0.4 is 5.32 Å². The van der Waals surface area contributed by atoms with Crippen molar-refractivity contribution in [2.45, 2.75) is 38.3 Å². The van der Waals surface area contributed by atoms with Crippen molar-refractivity contribution in [3.63, 3.8) is 0 Å². The van der Waals surface area contributed by atoms with Gasteiger partial charge < -0.3 is 10.4 Å². The van der Waals surface area contributed by atoms with E-state index in [1.165, 1.54) is 25.9 Å². The van der Waals surface area contributed by atoms with Crippen LogP contribution in [0.1, 0.15) is 26.7 Å². The van der Waals surface area contributed by atoms with Crippen molar-refractivity contribution < 1.29 is 5.11 Å². The van der Waals surface area contributed by atoms with E-state index in [9.17, 15) is 5.11 Å². The van der Waals surface area contributed by atoms with Crippen LogP contribution in [0.25, 0.3) is 0 Å². The van der Waals surface area contributed by atoms with Gasteiger partial charge in [0.25, 0.3) is 0 Å². The van der Waals surface area contributed by atoms with E-state index in [1.54, 1.807) is 0 Å². The second-order valence-corrected chi connectivity index (χ2v) is 5.79. The molecule has 1 aliphatic carbocycles. The van der Waals surface area contributed by atoms with E-state index < -0.39 is 0 Å². The molecule has 0 radical (unpaired) electrons. The fourth-order valence-corrected chi connectivity index (χ4v) is 2.81. The summed E-state index contributed by atoms with van der Waals surface area (Å²) in [5.41, 5.74) is -0.142. The standard InChI is InChI=1S/C13H27N3O/c1-3-14-13(2,11-17)10-15-6-8-16(9-7-15)12-4-5-12/h12,14,17H,3-11H2,1-2H3. The van der Waals surface area contributed by atoms with Gasteiger partial charge in [0, 0.05) is 38.8 Å². The third-order valence-electron chi connectivity index (χ3n) is 4.00. The first kappa shape index (κ1) is 13.3. The smallest absolute Gasteiger partial charge is 0.0623 e. The number of nitrogens with one attached hydrogen (secondary N) is 1. The summed E-state index contributed by atoms with van der Waals surface area (Å²) >= 11 is 0. The van der Waals surface area contributed by atoms with E-state index in [4.69, 9.17) is 0 Å². The third kappa shape index (κ3) is 3.65. The lowest BCUT2D eigenvalue weighted by atomic mass is 10.0. The highest BCUT2D eigenvalue weighted by Crippen LogP contribution is 2.27. The van der Waals surface area contributed by atoms with Crippen molar-refractivity contribution in [3.8, 4) is 0 Å². The Labute approximate surface area is 105 Å². The summed E-state index contributed by atoms with van der Waals surface area (Å²) < 4.78 is 0. The number of rotatable bonds is 6. The van der Waals surface area contributed by atoms with Crippen LogP contribution in [0.4, 0.5) is 0 Å². The van der Waals surface area contributed by atoms with Crippen LogP contribution in [0, 0.1) is 0 Å². The number of piperazine rings is 1. The Morgan fingerprint density at radius 2 is 1.88 bits per heavy atom. The molecular weight excluding hydrogens is 214 g/mol. The van der Waals surface area contributed by atoms with Crippen LogP contribution >= 0.6 is 0 Å². The Balaban J connectivity index is 1.75. The number of aliphatic hydroxyl groups is 1. The predicted molar refractivity (Wildman–Crippen MR) is 70.2 cm³/mol. The molecule has 1 aliphatic heterocycles. The molecular formula is C13H27N3O. The molecule has 100 valence electrons. The SMILES string of the molecule is CCNC(C)(CO)CN1CCN(C2CC2)CC1. The number of hydrogen-bond donors (Lipinski definition) is 2. The average Bonchev–Trinajstić information content (AvgIpc) is 3.14. The first-order valence-electron chi connectivity index (χ1n) is 6.99. The van der Waals surface area contributed by atoms with Crippen LogP contribution in [0.3, 0.4) is 0 Å². The zero-order valence-electron chi connectivity index (χ0n) is 11.3. The van der Waals surface area contributed by atoms with Crippen molar-refractivity contribution in [2.24, 2.45) is 0 Å². The van der Waals surface area contributed by atoms with Gasteiger partial charge in [0.05, 0.1) is 12.1 Å². The monoisotopic (exact) mass is 241 g/mol. The van der Waals surface area contributed by atoms with Crippen LogP contribution in [-0.4, -0.2) is 72.4 Å². The van der Waals surface area contributed by atoms with E-state index >= 15 is 0 Å². The molecule has 1 heterocycles. The molecule has 0 spiro atoms. The maximum Gasteiger partial charge on any atom is 0.0623 e. The van der Waals surface area contributed by atoms with Gasteiger partial charge in [0.2, 0.25) is 0 Å². The summed E-state index contributed by atoms with van der Waals surface area (Å²) in [6.07, 6.45) is 2.82. The summed E-state index contributed by atoms with van der Waals surface area (Å²) in [5.74, 6) is 0. The first-order chi connectivity index (χ1) is 8.17. The molecule has 2 fully saturated rings. The highest BCUT2D eigenvalue weighted by Gasteiger charge is 2.33. The van der Waals surface area contributed by atoms with Crippen LogP contribution in [0.5, 0.6) is 0 Å². The lowest BCUT2D eigenvalue weighted by Crippen LogP contribution is -2.57. The van der Waals surface area contributed by atoms with E-state index in [-0.39, 0.29) is 12.1 Å². The van der Waals surface area contributed by atoms with Crippen LogP contribution in [0.15, 0.2) is 0 Å². The van der Waals surface area contributed by atoms with Gasteiger partial charge in [-0.3, -0.25) is 9.80 Å². The van der Waals surface area contributed by atoms with Gasteiger partial charge in [0.1, 0.15) is 0 Å². The molecule has 1 atom stereocenters. The molecule has 17 heavy (non-hydrogen) atoms. The van der Waals surface area contributed by atoms with Crippen molar-refractivity contribution in [1.82, 2.24) is 15.1 Å². The highest BCUT2D eigenvalue weighted by atomic mass is 16.3. The minimum atomic E-state index is -0.142. The fourth-order valence-electron chi connectivity index (χ4n) is 2.81. The minimum absolute atomic E-state index is 0.142. The summed E-state index contributed by atoms with van der Waals surface area (Å²) in [4.78, 5) is 5.11. The second-order valence-electron chi connectivity index (χ2n) is 5.79. The molecule has 2 aliphatic rings. The first-order valence-corrected chi connectivity index (χ1v) is 6.99. The molecule has 0 amide bonds. The number of aliphatic hydroxyl groups excluding tert-OH is 1. The number of hydrogen-bond acceptors (Lipinski definition) is 4. The Hall–Kier alpha value is -0.160. The molecule has 4 nitrogen and oxygen atoms in total. The molecule has 0 aromatic heterocycles. The minimum Gasteiger partial charge on any atom is -0.394 e. The van der Waals surface area contributed by atoms with E-state index in [1.807, 2.05) is 0 Å². The molecule has 2 N–H and O–H groups in total. The van der Waals surface area contributed by atoms with Crippen molar-refractivity contribution >= 4 is 0 Å². The second kappa shape index (κ2) is 5.65. The number of likely N-dealkylation sites (N-methyl/N-ethyl adjacent to an activating group) is 1. The largest absolute Gasteiger partial charge is 0.394 e. The van der Waals surface area contributed by atoms with Crippen molar-refractivity contribution in [3.05, 3.63) is 0 Å². The molecule has 1 saturated heterocycles. The Bertz CT molecular complexity index is 237. The summed E-state index contributed by atoms with van der Waals surface area (Å²) in [5, 5.41) is 12.9. The van der Waals surface area contributed by atoms with Gasteiger partial charge in [-0.1, -0.05) is 6.92 Å². The third-order valence-corrected chi connectivity index (χ3v) is 4.00. The van der Waals surface area contributed by atoms with Crippen LogP contribution in [0.2, 0.25) is 0 Å². The molecule has 2 rings (SSSR count). The van der Waals surface area contributed by atoms with E-state index in [0.717, 1.165) is 32.2 Å². The molecule has 0 bridgehead atoms. The van der Waals surface area contributed by atoms with Crippen molar-refractivity contribution in [1.29, 1.82) is 0 Å². The molecule has 0 aromatic carbocycles. The topological polar surface area (TPSA) is 38.7 Å². The van der Waals surface area contributed by atoms with E-state index in [0.29, 0.717) is 0 Å². The summed E-state index contributed by atoms with van der Waals surface area (Å²) in [7, 11) is 0. The van der Waals surface area contributed by atoms with Gasteiger partial charge in [0.15, 0.2) is 0 Å². The lowest BCUT2D eigenvalue weighted by Gasteiger charge is -2.40. The maximum atomic E-state index is 9.50. The zero-order chi connectivity index (χ0) is 12.3. The number of nitrogens with zero attached hydrogens (tertiary/aromatic N) is 2. The molecule has 0 aromatic rings. The average molecular weight is 241 g/mol. The molecule has 1 unspecified atom stereocenters. The molecule has 4 heteroatoms. The normalized spacial score (nSPS) is 27.0. The van der Waals surface area contributed by atoms with Gasteiger partial charge in [-0.2, -0.15) is 0 Å². The van der Waals surface area contributed by atoms with Crippen LogP contribution in [-0.2, 0) is 0 Å². The summed E-state index contributed by atoms with van der Waals surface area (Å²) in [6, 6.07) is 0.898.